The van der Waals surface area contributed by atoms with Crippen LogP contribution in [-0.4, -0.2) is 42.6 Å². The molecule has 1 heterocycles. The molecule has 1 aromatic rings. The van der Waals surface area contributed by atoms with E-state index in [2.05, 4.69) is 28.4 Å². The Balaban J connectivity index is 1.59. The Labute approximate surface area is 144 Å². The van der Waals surface area contributed by atoms with Crippen molar-refractivity contribution >= 4 is 5.91 Å². The fourth-order valence-corrected chi connectivity index (χ4v) is 3.65. The van der Waals surface area contributed by atoms with Gasteiger partial charge in [0.1, 0.15) is 0 Å². The molecule has 0 spiro atoms. The molecule has 24 heavy (non-hydrogen) atoms. The first-order chi connectivity index (χ1) is 11.7. The van der Waals surface area contributed by atoms with Gasteiger partial charge < -0.3 is 15.8 Å². The lowest BCUT2D eigenvalue weighted by Gasteiger charge is -2.32. The van der Waals surface area contributed by atoms with E-state index in [0.29, 0.717) is 6.54 Å². The van der Waals surface area contributed by atoms with Gasteiger partial charge in [-0.1, -0.05) is 43.5 Å². The standard InChI is InChI=1S/C19H29N3O2/c20-19(8-4-1-5-9-19)18(23)21-14-16-6-2-3-7-17(16)15-22-10-12-24-13-11-22/h2-3,6-7H,1,4-5,8-15,20H2,(H,21,23). The summed E-state index contributed by atoms with van der Waals surface area (Å²) in [6, 6.07) is 8.34. The zero-order valence-corrected chi connectivity index (χ0v) is 14.4. The van der Waals surface area contributed by atoms with Crippen LogP contribution in [0.1, 0.15) is 43.2 Å². The third-order valence-electron chi connectivity index (χ3n) is 5.25. The van der Waals surface area contributed by atoms with E-state index in [1.165, 1.54) is 17.5 Å². The van der Waals surface area contributed by atoms with E-state index in [0.717, 1.165) is 58.5 Å². The lowest BCUT2D eigenvalue weighted by molar-refractivity contribution is -0.127. The molecule has 1 aromatic carbocycles. The summed E-state index contributed by atoms with van der Waals surface area (Å²) in [6.45, 7) is 4.99. The number of hydrogen-bond donors (Lipinski definition) is 2. The lowest BCUT2D eigenvalue weighted by atomic mass is 9.82. The molecule has 1 amide bonds. The van der Waals surface area contributed by atoms with Gasteiger partial charge >= 0.3 is 0 Å². The van der Waals surface area contributed by atoms with Crippen molar-refractivity contribution < 1.29 is 9.53 Å². The number of carbonyl (C=O) groups is 1. The van der Waals surface area contributed by atoms with Crippen molar-refractivity contribution in [3.8, 4) is 0 Å². The van der Waals surface area contributed by atoms with Crippen LogP contribution in [-0.2, 0) is 22.6 Å². The summed E-state index contributed by atoms with van der Waals surface area (Å²) < 4.78 is 5.41. The third-order valence-corrected chi connectivity index (χ3v) is 5.25. The Morgan fingerprint density at radius 3 is 2.50 bits per heavy atom. The molecular weight excluding hydrogens is 302 g/mol. The first-order valence-electron chi connectivity index (χ1n) is 9.11. The van der Waals surface area contributed by atoms with E-state index < -0.39 is 5.54 Å². The van der Waals surface area contributed by atoms with E-state index >= 15 is 0 Å². The Bertz CT molecular complexity index is 549. The third kappa shape index (κ3) is 4.35. The van der Waals surface area contributed by atoms with E-state index in [9.17, 15) is 4.79 Å². The van der Waals surface area contributed by atoms with Gasteiger partial charge in [-0.25, -0.2) is 0 Å². The number of nitrogens with one attached hydrogen (secondary N) is 1. The molecule has 0 atom stereocenters. The second-order valence-electron chi connectivity index (χ2n) is 7.06. The first-order valence-corrected chi connectivity index (χ1v) is 9.11. The minimum absolute atomic E-state index is 0.00313. The smallest absolute Gasteiger partial charge is 0.240 e. The Kier molecular flexibility index (Phi) is 5.87. The maximum atomic E-state index is 12.5. The average molecular weight is 331 g/mol. The van der Waals surface area contributed by atoms with E-state index in [-0.39, 0.29) is 5.91 Å². The van der Waals surface area contributed by atoms with Crippen LogP contribution < -0.4 is 11.1 Å². The molecule has 5 heteroatoms. The van der Waals surface area contributed by atoms with Crippen molar-refractivity contribution in [2.75, 3.05) is 26.3 Å². The van der Waals surface area contributed by atoms with Crippen LogP contribution in [0.4, 0.5) is 0 Å². The van der Waals surface area contributed by atoms with Crippen LogP contribution in [0.2, 0.25) is 0 Å². The molecule has 0 unspecified atom stereocenters. The molecule has 0 aromatic heterocycles. The minimum Gasteiger partial charge on any atom is -0.379 e. The minimum atomic E-state index is -0.669. The second-order valence-corrected chi connectivity index (χ2v) is 7.06. The molecular formula is C19H29N3O2. The van der Waals surface area contributed by atoms with Gasteiger partial charge in [0.05, 0.1) is 18.8 Å². The lowest BCUT2D eigenvalue weighted by Crippen LogP contribution is -2.54. The fourth-order valence-electron chi connectivity index (χ4n) is 3.65. The summed E-state index contributed by atoms with van der Waals surface area (Å²) in [7, 11) is 0. The van der Waals surface area contributed by atoms with Gasteiger partial charge in [0.15, 0.2) is 0 Å². The predicted molar refractivity (Wildman–Crippen MR) is 94.4 cm³/mol. The zero-order chi connectivity index (χ0) is 16.8. The summed E-state index contributed by atoms with van der Waals surface area (Å²) in [5.41, 5.74) is 8.10. The highest BCUT2D eigenvalue weighted by atomic mass is 16.5. The monoisotopic (exact) mass is 331 g/mol. The Hall–Kier alpha value is -1.43. The van der Waals surface area contributed by atoms with Crippen molar-refractivity contribution in [3.63, 3.8) is 0 Å². The Morgan fingerprint density at radius 1 is 1.12 bits per heavy atom. The van der Waals surface area contributed by atoms with Crippen LogP contribution in [0.25, 0.3) is 0 Å². The summed E-state index contributed by atoms with van der Waals surface area (Å²) >= 11 is 0. The van der Waals surface area contributed by atoms with Crippen LogP contribution in [0.5, 0.6) is 0 Å². The van der Waals surface area contributed by atoms with Crippen molar-refractivity contribution in [1.29, 1.82) is 0 Å². The molecule has 1 aliphatic carbocycles. The van der Waals surface area contributed by atoms with Crippen molar-refractivity contribution in [2.45, 2.75) is 50.7 Å². The van der Waals surface area contributed by atoms with Crippen LogP contribution in [0.3, 0.4) is 0 Å². The molecule has 3 N–H and O–H groups in total. The summed E-state index contributed by atoms with van der Waals surface area (Å²) in [5.74, 6) is 0.00313. The molecule has 3 rings (SSSR count). The SMILES string of the molecule is NC1(C(=O)NCc2ccccc2CN2CCOCC2)CCCCC1. The number of morpholine rings is 1. The van der Waals surface area contributed by atoms with Crippen LogP contribution in [0.15, 0.2) is 24.3 Å². The number of rotatable bonds is 5. The highest BCUT2D eigenvalue weighted by Gasteiger charge is 2.34. The van der Waals surface area contributed by atoms with Gasteiger partial charge in [0.25, 0.3) is 0 Å². The van der Waals surface area contributed by atoms with Gasteiger partial charge in [-0.3, -0.25) is 9.69 Å². The number of ether oxygens (including phenoxy) is 1. The molecule has 0 radical (unpaired) electrons. The maximum absolute atomic E-state index is 12.5. The fraction of sp³-hybridized carbons (Fsp3) is 0.632. The van der Waals surface area contributed by atoms with E-state index in [1.807, 2.05) is 6.07 Å². The van der Waals surface area contributed by atoms with Gasteiger partial charge in [0.2, 0.25) is 5.91 Å². The van der Waals surface area contributed by atoms with Gasteiger partial charge in [-0.2, -0.15) is 0 Å². The molecule has 1 saturated carbocycles. The van der Waals surface area contributed by atoms with Crippen molar-refractivity contribution in [1.82, 2.24) is 10.2 Å². The quantitative estimate of drug-likeness (QED) is 0.863. The summed E-state index contributed by atoms with van der Waals surface area (Å²) in [6.07, 6.45) is 4.90. The molecule has 2 aliphatic rings. The summed E-state index contributed by atoms with van der Waals surface area (Å²) in [5, 5.41) is 3.08. The number of nitrogens with zero attached hydrogens (tertiary/aromatic N) is 1. The normalized spacial score (nSPS) is 21.4. The highest BCUT2D eigenvalue weighted by Crippen LogP contribution is 2.26. The largest absolute Gasteiger partial charge is 0.379 e. The van der Waals surface area contributed by atoms with Gasteiger partial charge in [-0.05, 0) is 24.0 Å². The molecule has 0 bridgehead atoms. The van der Waals surface area contributed by atoms with E-state index in [4.69, 9.17) is 10.5 Å². The molecule has 1 aliphatic heterocycles. The van der Waals surface area contributed by atoms with Gasteiger partial charge in [-0.15, -0.1) is 0 Å². The number of amides is 1. The second kappa shape index (κ2) is 8.10. The first kappa shape index (κ1) is 17.4. The number of benzene rings is 1. The molecule has 132 valence electrons. The predicted octanol–water partition coefficient (Wildman–Crippen LogP) is 1.80. The molecule has 1 saturated heterocycles. The number of nitrogens with two attached hydrogens (primary N) is 1. The van der Waals surface area contributed by atoms with Crippen LogP contribution >= 0.6 is 0 Å². The van der Waals surface area contributed by atoms with Crippen LogP contribution in [0, 0.1) is 0 Å². The maximum Gasteiger partial charge on any atom is 0.240 e. The van der Waals surface area contributed by atoms with E-state index in [1.54, 1.807) is 0 Å². The van der Waals surface area contributed by atoms with Crippen molar-refractivity contribution in [2.24, 2.45) is 5.73 Å². The topological polar surface area (TPSA) is 67.6 Å². The van der Waals surface area contributed by atoms with Gasteiger partial charge in [0, 0.05) is 26.2 Å². The highest BCUT2D eigenvalue weighted by molar-refractivity contribution is 5.86. The average Bonchev–Trinajstić information content (AvgIpc) is 2.62. The number of hydrogen-bond acceptors (Lipinski definition) is 4. The number of carbonyl (C=O) groups excluding carboxylic acids is 1. The summed E-state index contributed by atoms with van der Waals surface area (Å²) in [4.78, 5) is 14.9. The zero-order valence-electron chi connectivity index (χ0n) is 14.4. The Morgan fingerprint density at radius 2 is 1.79 bits per heavy atom. The van der Waals surface area contributed by atoms with Crippen molar-refractivity contribution in [3.05, 3.63) is 35.4 Å². The molecule has 2 fully saturated rings. The molecule has 5 nitrogen and oxygen atoms in total.